The normalized spacial score (nSPS) is 17.3. The molecule has 3 N–H and O–H groups in total. The molecule has 168 valence electrons. The summed E-state index contributed by atoms with van der Waals surface area (Å²) in [5.74, 6) is 0.0269. The van der Waals surface area contributed by atoms with E-state index in [2.05, 4.69) is 21.7 Å². The highest BCUT2D eigenvalue weighted by atomic mass is 16.5. The van der Waals surface area contributed by atoms with Crippen LogP contribution in [0.15, 0.2) is 67.1 Å². The number of imide groups is 1. The molecular weight excluding hydrogens is 434 g/mol. The zero-order valence-electron chi connectivity index (χ0n) is 18.1. The van der Waals surface area contributed by atoms with Crippen LogP contribution in [-0.4, -0.2) is 33.7 Å². The maximum atomic E-state index is 13.0. The summed E-state index contributed by atoms with van der Waals surface area (Å²) >= 11 is 0. The smallest absolute Gasteiger partial charge is 0.322 e. The van der Waals surface area contributed by atoms with Gasteiger partial charge in [0.05, 0.1) is 19.2 Å². The molecule has 5 rings (SSSR count). The number of hydrogen-bond donors (Lipinski definition) is 3. The van der Waals surface area contributed by atoms with E-state index in [0.29, 0.717) is 22.3 Å². The highest BCUT2D eigenvalue weighted by molar-refractivity contribution is 6.07. The number of rotatable bonds is 5. The highest BCUT2D eigenvalue weighted by Crippen LogP contribution is 2.35. The number of nitriles is 1. The van der Waals surface area contributed by atoms with Gasteiger partial charge in [-0.2, -0.15) is 5.26 Å². The van der Waals surface area contributed by atoms with Crippen molar-refractivity contribution in [3.8, 4) is 28.8 Å². The van der Waals surface area contributed by atoms with Gasteiger partial charge < -0.3 is 19.7 Å². The number of benzene rings is 2. The van der Waals surface area contributed by atoms with Crippen molar-refractivity contribution in [3.05, 3.63) is 78.2 Å². The van der Waals surface area contributed by atoms with Crippen molar-refractivity contribution in [2.24, 2.45) is 0 Å². The molecule has 1 fully saturated rings. The van der Waals surface area contributed by atoms with Crippen LogP contribution < -0.4 is 15.4 Å². The maximum absolute atomic E-state index is 13.0. The fourth-order valence-electron chi connectivity index (χ4n) is 4.23. The van der Waals surface area contributed by atoms with Gasteiger partial charge in [-0.15, -0.1) is 0 Å². The van der Waals surface area contributed by atoms with Crippen LogP contribution in [0.4, 0.5) is 4.79 Å². The number of pyridine rings is 1. The van der Waals surface area contributed by atoms with E-state index in [1.807, 2.05) is 6.07 Å². The van der Waals surface area contributed by atoms with Crippen LogP contribution >= 0.6 is 0 Å². The van der Waals surface area contributed by atoms with E-state index in [1.165, 1.54) is 10.8 Å². The number of amides is 3. The lowest BCUT2D eigenvalue weighted by Gasteiger charge is -2.27. The third kappa shape index (κ3) is 3.38. The van der Waals surface area contributed by atoms with Gasteiger partial charge in [0, 0.05) is 34.9 Å². The van der Waals surface area contributed by atoms with E-state index < -0.39 is 17.5 Å². The molecule has 9 nitrogen and oxygen atoms in total. The van der Waals surface area contributed by atoms with Gasteiger partial charge in [0.2, 0.25) is 0 Å². The van der Waals surface area contributed by atoms with Crippen molar-refractivity contribution < 1.29 is 19.4 Å². The van der Waals surface area contributed by atoms with Gasteiger partial charge in [0.1, 0.15) is 11.8 Å². The van der Waals surface area contributed by atoms with Crippen LogP contribution in [0.2, 0.25) is 0 Å². The minimum atomic E-state index is -1.43. The lowest BCUT2D eigenvalue weighted by molar-refractivity contribution is -0.124. The van der Waals surface area contributed by atoms with Gasteiger partial charge in [-0.05, 0) is 35.4 Å². The average molecular weight is 453 g/mol. The van der Waals surface area contributed by atoms with Crippen molar-refractivity contribution in [2.75, 3.05) is 7.11 Å². The molecule has 0 aliphatic carbocycles. The van der Waals surface area contributed by atoms with E-state index in [1.54, 1.807) is 62.0 Å². The van der Waals surface area contributed by atoms with Crippen molar-refractivity contribution in [2.45, 2.75) is 12.1 Å². The Labute approximate surface area is 194 Å². The Hall–Kier alpha value is -4.84. The largest absolute Gasteiger partial charge is 0.497 e. The number of carbonyl (C=O) groups is 2. The molecule has 0 unspecified atom stereocenters. The summed E-state index contributed by atoms with van der Waals surface area (Å²) in [5, 5.41) is 26.4. The van der Waals surface area contributed by atoms with Crippen LogP contribution in [0.5, 0.6) is 11.6 Å². The van der Waals surface area contributed by atoms with Gasteiger partial charge in [0.15, 0.2) is 11.4 Å². The van der Waals surface area contributed by atoms with Crippen molar-refractivity contribution in [1.82, 2.24) is 20.2 Å². The molecule has 2 aromatic carbocycles. The van der Waals surface area contributed by atoms with Gasteiger partial charge in [0.25, 0.3) is 5.91 Å². The van der Waals surface area contributed by atoms with Crippen LogP contribution in [-0.2, 0) is 16.9 Å². The molecule has 1 atom stereocenters. The summed E-state index contributed by atoms with van der Waals surface area (Å²) in [6, 6.07) is 15.5. The third-order valence-electron chi connectivity index (χ3n) is 6.00. The number of aromatic nitrogens is 2. The topological polar surface area (TPSA) is 129 Å². The Kier molecular flexibility index (Phi) is 4.91. The van der Waals surface area contributed by atoms with Crippen molar-refractivity contribution >= 4 is 22.7 Å². The zero-order valence-corrected chi connectivity index (χ0v) is 18.1. The molecule has 0 radical (unpaired) electrons. The first kappa shape index (κ1) is 21.0. The van der Waals surface area contributed by atoms with E-state index in [9.17, 15) is 14.7 Å². The SMILES string of the molecule is COc1ccc2cn(C[C@@]3(c4ccc(-c5cncc(C#N)c5)cc4)NC(=O)NC3=O)c(O)c2c1. The number of hydrogen-bond acceptors (Lipinski definition) is 6. The zero-order chi connectivity index (χ0) is 23.9. The number of urea groups is 1. The second-order valence-electron chi connectivity index (χ2n) is 8.00. The minimum absolute atomic E-state index is 0.0295. The van der Waals surface area contributed by atoms with Crippen molar-refractivity contribution in [1.29, 1.82) is 5.26 Å². The van der Waals surface area contributed by atoms with Crippen LogP contribution in [0.25, 0.3) is 21.9 Å². The molecule has 34 heavy (non-hydrogen) atoms. The molecule has 2 aromatic heterocycles. The lowest BCUT2D eigenvalue weighted by atomic mass is 9.88. The third-order valence-corrected chi connectivity index (χ3v) is 6.00. The Morgan fingerprint density at radius 2 is 1.91 bits per heavy atom. The predicted molar refractivity (Wildman–Crippen MR) is 123 cm³/mol. The van der Waals surface area contributed by atoms with Crippen molar-refractivity contribution in [3.63, 3.8) is 0 Å². The van der Waals surface area contributed by atoms with E-state index in [4.69, 9.17) is 10.00 Å². The molecule has 1 saturated heterocycles. The quantitative estimate of drug-likeness (QED) is 0.399. The van der Waals surface area contributed by atoms with E-state index >= 15 is 0 Å². The standard InChI is InChI=1S/C25H19N5O4/c1-34-20-7-4-17-13-30(22(31)21(17)9-20)14-25(23(32)28-24(33)29-25)19-5-2-16(3-6-19)18-8-15(10-26)11-27-12-18/h2-9,11-13,31H,14H2,1H3,(H2,28,29,32,33)/t25-/m0/s1. The molecule has 0 saturated carbocycles. The molecule has 4 aromatic rings. The number of aromatic hydroxyl groups is 1. The summed E-state index contributed by atoms with van der Waals surface area (Å²) in [4.78, 5) is 29.3. The average Bonchev–Trinajstić information content (AvgIpc) is 3.33. The summed E-state index contributed by atoms with van der Waals surface area (Å²) in [5.41, 5.74) is 1.10. The predicted octanol–water partition coefficient (Wildman–Crippen LogP) is 3.02. The number of nitrogens with zero attached hydrogens (tertiary/aromatic N) is 3. The fourth-order valence-corrected chi connectivity index (χ4v) is 4.23. The lowest BCUT2D eigenvalue weighted by Crippen LogP contribution is -2.47. The first-order chi connectivity index (χ1) is 16.4. The van der Waals surface area contributed by atoms with Crippen LogP contribution in [0.1, 0.15) is 11.1 Å². The molecule has 3 amide bonds. The maximum Gasteiger partial charge on any atom is 0.322 e. The Morgan fingerprint density at radius 1 is 1.12 bits per heavy atom. The molecule has 3 heterocycles. The summed E-state index contributed by atoms with van der Waals surface area (Å²) < 4.78 is 6.77. The van der Waals surface area contributed by atoms with Gasteiger partial charge >= 0.3 is 6.03 Å². The molecule has 0 bridgehead atoms. The summed E-state index contributed by atoms with van der Waals surface area (Å²) in [6.45, 7) is -0.0295. The van der Waals surface area contributed by atoms with E-state index in [-0.39, 0.29) is 12.4 Å². The second kappa shape index (κ2) is 7.94. The number of nitrogens with one attached hydrogen (secondary N) is 2. The second-order valence-corrected chi connectivity index (χ2v) is 8.00. The molecular formula is C25H19N5O4. The number of fused-ring (bicyclic) bond motifs is 1. The van der Waals surface area contributed by atoms with Gasteiger partial charge in [-0.1, -0.05) is 24.3 Å². The van der Waals surface area contributed by atoms with E-state index in [0.717, 1.165) is 16.5 Å². The molecule has 1 aliphatic heterocycles. The summed E-state index contributed by atoms with van der Waals surface area (Å²) in [6.07, 6.45) is 4.85. The monoisotopic (exact) mass is 453 g/mol. The summed E-state index contributed by atoms with van der Waals surface area (Å²) in [7, 11) is 1.54. The van der Waals surface area contributed by atoms with Crippen LogP contribution in [0, 0.1) is 11.3 Å². The number of carbonyl (C=O) groups excluding carboxylic acids is 2. The Balaban J connectivity index is 1.55. The van der Waals surface area contributed by atoms with Crippen LogP contribution in [0.3, 0.4) is 0 Å². The van der Waals surface area contributed by atoms with Gasteiger partial charge in [-0.25, -0.2) is 4.79 Å². The fraction of sp³-hybridized carbons (Fsp3) is 0.120. The minimum Gasteiger partial charge on any atom is -0.497 e. The van der Waals surface area contributed by atoms with Gasteiger partial charge in [-0.3, -0.25) is 15.1 Å². The first-order valence-electron chi connectivity index (χ1n) is 10.4. The molecule has 9 heteroatoms. The number of methoxy groups -OCH3 is 1. The number of ether oxygens (including phenoxy) is 1. The highest BCUT2D eigenvalue weighted by Gasteiger charge is 2.48. The molecule has 1 aliphatic rings. The first-order valence-corrected chi connectivity index (χ1v) is 10.4. The Bertz CT molecular complexity index is 1490. The Morgan fingerprint density at radius 3 is 2.59 bits per heavy atom. The molecule has 0 spiro atoms.